The Morgan fingerprint density at radius 2 is 1.66 bits per heavy atom. The van der Waals surface area contributed by atoms with Crippen LogP contribution in [-0.2, 0) is 11.0 Å². The number of nitrogens with zero attached hydrogens (tertiary/aromatic N) is 1. The molecular formula is C32H34F3NO2. The third kappa shape index (κ3) is 6.47. The van der Waals surface area contributed by atoms with E-state index >= 15 is 0 Å². The molecule has 0 saturated carbocycles. The van der Waals surface area contributed by atoms with E-state index in [1.165, 1.54) is 6.07 Å². The zero-order valence-corrected chi connectivity index (χ0v) is 21.8. The van der Waals surface area contributed by atoms with Gasteiger partial charge in [-0.05, 0) is 66.0 Å². The first-order valence-corrected chi connectivity index (χ1v) is 13.2. The Kier molecular flexibility index (Phi) is 8.60. The standard InChI is InChI=1S/C32H34F3NO2/c1-22(2)19-28(31(37)38)27-20-25(24-13-7-4-8-14-24)21-29(30(27)32(33,34)35)36-18-10-9-15-26(36)17-16-23-11-5-3-6-12-23/h3-8,11-14,16-17,20-22,26,28H,9-10,15,18-19H2,1-2H3,(H,37,38). The van der Waals surface area contributed by atoms with Crippen molar-refractivity contribution in [2.75, 3.05) is 11.4 Å². The van der Waals surface area contributed by atoms with Crippen molar-refractivity contribution in [1.29, 1.82) is 0 Å². The van der Waals surface area contributed by atoms with Gasteiger partial charge in [-0.15, -0.1) is 0 Å². The van der Waals surface area contributed by atoms with Gasteiger partial charge in [-0.1, -0.05) is 86.7 Å². The molecule has 2 unspecified atom stereocenters. The van der Waals surface area contributed by atoms with E-state index in [1.807, 2.05) is 91.6 Å². The summed E-state index contributed by atoms with van der Waals surface area (Å²) in [6, 6.07) is 21.7. The minimum atomic E-state index is -4.71. The number of rotatable bonds is 8. The van der Waals surface area contributed by atoms with Gasteiger partial charge in [0.05, 0.1) is 17.2 Å². The van der Waals surface area contributed by atoms with Gasteiger partial charge in [-0.2, -0.15) is 13.2 Å². The molecule has 3 nitrogen and oxygen atoms in total. The molecular weight excluding hydrogens is 487 g/mol. The highest BCUT2D eigenvalue weighted by Crippen LogP contribution is 2.46. The number of piperidine rings is 1. The second-order valence-corrected chi connectivity index (χ2v) is 10.4. The summed E-state index contributed by atoms with van der Waals surface area (Å²) in [5.41, 5.74) is 1.40. The molecule has 0 bridgehead atoms. The van der Waals surface area contributed by atoms with Crippen molar-refractivity contribution in [1.82, 2.24) is 0 Å². The lowest BCUT2D eigenvalue weighted by Crippen LogP contribution is -2.40. The van der Waals surface area contributed by atoms with Crippen LogP contribution in [0, 0.1) is 5.92 Å². The van der Waals surface area contributed by atoms with E-state index in [0.29, 0.717) is 12.1 Å². The lowest BCUT2D eigenvalue weighted by Gasteiger charge is -2.39. The monoisotopic (exact) mass is 521 g/mol. The number of benzene rings is 3. The maximum atomic E-state index is 14.9. The van der Waals surface area contributed by atoms with E-state index in [4.69, 9.17) is 0 Å². The van der Waals surface area contributed by atoms with Crippen molar-refractivity contribution >= 4 is 17.7 Å². The van der Waals surface area contributed by atoms with E-state index in [-0.39, 0.29) is 29.6 Å². The van der Waals surface area contributed by atoms with Gasteiger partial charge < -0.3 is 10.0 Å². The number of carbonyl (C=O) groups is 1. The van der Waals surface area contributed by atoms with Gasteiger partial charge in [0.25, 0.3) is 0 Å². The van der Waals surface area contributed by atoms with E-state index < -0.39 is 23.6 Å². The number of carboxylic acid groups (broad SMARTS) is 1. The second kappa shape index (κ2) is 11.9. The van der Waals surface area contributed by atoms with Crippen molar-refractivity contribution in [2.45, 2.75) is 57.7 Å². The maximum Gasteiger partial charge on any atom is 0.418 e. The Labute approximate surface area is 222 Å². The van der Waals surface area contributed by atoms with Gasteiger partial charge in [-0.3, -0.25) is 4.79 Å². The van der Waals surface area contributed by atoms with Crippen molar-refractivity contribution in [3.8, 4) is 11.1 Å². The molecule has 1 fully saturated rings. The molecule has 4 rings (SSSR count). The number of alkyl halides is 3. The van der Waals surface area contributed by atoms with E-state index in [9.17, 15) is 23.1 Å². The predicted molar refractivity (Wildman–Crippen MR) is 147 cm³/mol. The van der Waals surface area contributed by atoms with Gasteiger partial charge in [0.15, 0.2) is 0 Å². The summed E-state index contributed by atoms with van der Waals surface area (Å²) in [6.07, 6.45) is 1.75. The van der Waals surface area contributed by atoms with E-state index in [2.05, 4.69) is 0 Å². The molecule has 0 amide bonds. The van der Waals surface area contributed by atoms with Crippen LogP contribution in [0.25, 0.3) is 17.2 Å². The lowest BCUT2D eigenvalue weighted by atomic mass is 9.83. The topological polar surface area (TPSA) is 40.5 Å². The Morgan fingerprint density at radius 3 is 2.26 bits per heavy atom. The van der Waals surface area contributed by atoms with Gasteiger partial charge in [0, 0.05) is 12.6 Å². The summed E-state index contributed by atoms with van der Waals surface area (Å²) >= 11 is 0. The van der Waals surface area contributed by atoms with E-state index in [1.54, 1.807) is 6.07 Å². The SMILES string of the molecule is CC(C)CC(C(=O)O)c1cc(-c2ccccc2)cc(N2CCCCC2C=Cc2ccccc2)c1C(F)(F)F. The predicted octanol–water partition coefficient (Wildman–Crippen LogP) is 8.66. The number of halogens is 3. The minimum Gasteiger partial charge on any atom is -0.481 e. The quantitative estimate of drug-likeness (QED) is 0.322. The Morgan fingerprint density at radius 1 is 1.00 bits per heavy atom. The van der Waals surface area contributed by atoms with Crippen LogP contribution in [0.2, 0.25) is 0 Å². The summed E-state index contributed by atoms with van der Waals surface area (Å²) in [5, 5.41) is 10.1. The molecule has 1 N–H and O–H groups in total. The Hall–Kier alpha value is -3.54. The largest absolute Gasteiger partial charge is 0.481 e. The van der Waals surface area contributed by atoms with Crippen molar-refractivity contribution in [2.24, 2.45) is 5.92 Å². The lowest BCUT2D eigenvalue weighted by molar-refractivity contribution is -0.141. The molecule has 200 valence electrons. The fourth-order valence-corrected chi connectivity index (χ4v) is 5.33. The first-order valence-electron chi connectivity index (χ1n) is 13.2. The van der Waals surface area contributed by atoms with Crippen LogP contribution in [-0.4, -0.2) is 23.7 Å². The summed E-state index contributed by atoms with van der Waals surface area (Å²) in [7, 11) is 0. The highest BCUT2D eigenvalue weighted by atomic mass is 19.4. The van der Waals surface area contributed by atoms with Gasteiger partial charge in [-0.25, -0.2) is 0 Å². The summed E-state index contributed by atoms with van der Waals surface area (Å²) in [5.74, 6) is -2.59. The van der Waals surface area contributed by atoms with Crippen molar-refractivity contribution in [3.63, 3.8) is 0 Å². The molecule has 1 aliphatic rings. The highest BCUT2D eigenvalue weighted by Gasteiger charge is 2.42. The fourth-order valence-electron chi connectivity index (χ4n) is 5.33. The summed E-state index contributed by atoms with van der Waals surface area (Å²) in [4.78, 5) is 14.2. The van der Waals surface area contributed by atoms with Crippen LogP contribution in [0.3, 0.4) is 0 Å². The summed E-state index contributed by atoms with van der Waals surface area (Å²) < 4.78 is 44.7. The second-order valence-electron chi connectivity index (χ2n) is 10.4. The molecule has 3 aromatic carbocycles. The number of carboxylic acids is 1. The molecule has 0 spiro atoms. The Bertz CT molecular complexity index is 1250. The van der Waals surface area contributed by atoms with Crippen LogP contribution in [0.5, 0.6) is 0 Å². The molecule has 0 radical (unpaired) electrons. The smallest absolute Gasteiger partial charge is 0.418 e. The number of hydrogen-bond acceptors (Lipinski definition) is 2. The molecule has 38 heavy (non-hydrogen) atoms. The zero-order chi connectivity index (χ0) is 27.3. The van der Waals surface area contributed by atoms with Crippen molar-refractivity contribution < 1.29 is 23.1 Å². The summed E-state index contributed by atoms with van der Waals surface area (Å²) in [6.45, 7) is 4.13. The van der Waals surface area contributed by atoms with Crippen LogP contribution < -0.4 is 4.90 Å². The van der Waals surface area contributed by atoms with Crippen LogP contribution in [0.15, 0.2) is 78.9 Å². The molecule has 0 aromatic heterocycles. The van der Waals surface area contributed by atoms with Gasteiger partial charge >= 0.3 is 12.1 Å². The first kappa shape index (κ1) is 27.5. The zero-order valence-electron chi connectivity index (χ0n) is 21.8. The van der Waals surface area contributed by atoms with Gasteiger partial charge in [0.2, 0.25) is 0 Å². The maximum absolute atomic E-state index is 14.9. The minimum absolute atomic E-state index is 0.0614. The van der Waals surface area contributed by atoms with E-state index in [0.717, 1.165) is 30.4 Å². The Balaban J connectivity index is 1.93. The van der Waals surface area contributed by atoms with Gasteiger partial charge in [0.1, 0.15) is 0 Å². The number of hydrogen-bond donors (Lipinski definition) is 1. The van der Waals surface area contributed by atoms with Crippen molar-refractivity contribution in [3.05, 3.63) is 95.6 Å². The molecule has 1 aliphatic heterocycles. The first-order chi connectivity index (χ1) is 18.1. The van der Waals surface area contributed by atoms with Crippen LogP contribution in [0.4, 0.5) is 18.9 Å². The third-order valence-corrected chi connectivity index (χ3v) is 7.09. The molecule has 2 atom stereocenters. The normalized spacial score (nSPS) is 17.2. The average Bonchev–Trinajstić information content (AvgIpc) is 2.90. The average molecular weight is 522 g/mol. The fraction of sp³-hybridized carbons (Fsp3) is 0.344. The molecule has 3 aromatic rings. The molecule has 1 saturated heterocycles. The number of anilines is 1. The highest BCUT2D eigenvalue weighted by molar-refractivity contribution is 5.81. The molecule has 1 heterocycles. The third-order valence-electron chi connectivity index (χ3n) is 7.09. The number of aliphatic carboxylic acids is 1. The van der Waals surface area contributed by atoms with Crippen LogP contribution >= 0.6 is 0 Å². The molecule has 0 aliphatic carbocycles. The van der Waals surface area contributed by atoms with Crippen LogP contribution in [0.1, 0.15) is 62.1 Å². The molecule has 6 heteroatoms.